The van der Waals surface area contributed by atoms with E-state index in [4.69, 9.17) is 24.5 Å². The molecule has 6 rings (SSSR count). The molecule has 4 aromatic rings. The molecule has 0 radical (unpaired) electrons. The lowest BCUT2D eigenvalue weighted by atomic mass is 10.1. The van der Waals surface area contributed by atoms with E-state index in [1.54, 1.807) is 18.2 Å². The van der Waals surface area contributed by atoms with E-state index in [2.05, 4.69) is 26.3 Å². The number of rotatable bonds is 10. The lowest BCUT2D eigenvalue weighted by Gasteiger charge is -2.44. The number of nitrogens with zero attached hydrogens (tertiary/aromatic N) is 6. The molecule has 2 aliphatic heterocycles. The van der Waals surface area contributed by atoms with Crippen LogP contribution in [0.2, 0.25) is 0 Å². The highest BCUT2D eigenvalue weighted by Crippen LogP contribution is 2.31. The third-order valence-corrected chi connectivity index (χ3v) is 8.58. The molecule has 2 unspecified atom stereocenters. The Labute approximate surface area is 260 Å². The minimum Gasteiger partial charge on any atom is -0.473 e. The van der Waals surface area contributed by atoms with Gasteiger partial charge in [-0.25, -0.2) is 14.2 Å². The lowest BCUT2D eigenvalue weighted by Crippen LogP contribution is -2.55. The van der Waals surface area contributed by atoms with Gasteiger partial charge in [-0.2, -0.15) is 10.2 Å². The van der Waals surface area contributed by atoms with Crippen molar-refractivity contribution >= 4 is 22.8 Å². The minimum absolute atomic E-state index is 0.0213. The van der Waals surface area contributed by atoms with Crippen LogP contribution in [0.3, 0.4) is 0 Å². The Morgan fingerprint density at radius 2 is 2.04 bits per heavy atom. The average molecular weight is 615 g/mol. The number of piperazine rings is 1. The molecule has 3 atom stereocenters. The Morgan fingerprint density at radius 3 is 2.76 bits per heavy atom. The number of carbonyl (C=O) groups is 1. The number of nitriles is 1. The van der Waals surface area contributed by atoms with Crippen molar-refractivity contribution < 1.29 is 28.5 Å². The first-order chi connectivity index (χ1) is 21.9. The standard InChI is InChI=1S/C33H35FN6O5/c1-21(32-36-28-9-8-23(33(42)43-2)15-29(28)40(32)18-26-10-13-44-26)39-12-11-38(17-25(39)19-41)30-4-3-5-31(37-30)45-20-24-7-6-22(16-35)14-27(24)34/h3-9,14-15,21,25-26,41H,10-13,17-20H2,1-2H3/t21-,25?,26?/m0/s1. The number of carbonyl (C=O) groups excluding carboxylic acids is 1. The number of ether oxygens (including phenoxy) is 3. The minimum atomic E-state index is -0.501. The summed E-state index contributed by atoms with van der Waals surface area (Å²) in [6.45, 7) is 5.18. The highest BCUT2D eigenvalue weighted by atomic mass is 19.1. The van der Waals surface area contributed by atoms with E-state index in [9.17, 15) is 14.3 Å². The van der Waals surface area contributed by atoms with Crippen LogP contribution in [0.5, 0.6) is 5.88 Å². The molecule has 4 heterocycles. The quantitative estimate of drug-likeness (QED) is 0.263. The van der Waals surface area contributed by atoms with Crippen LogP contribution in [0, 0.1) is 17.1 Å². The van der Waals surface area contributed by atoms with E-state index in [0.29, 0.717) is 49.0 Å². The number of aliphatic hydroxyl groups is 1. The van der Waals surface area contributed by atoms with Crippen LogP contribution in [0.15, 0.2) is 54.6 Å². The smallest absolute Gasteiger partial charge is 0.337 e. The number of imidazole rings is 1. The van der Waals surface area contributed by atoms with E-state index in [1.165, 1.54) is 19.2 Å². The zero-order valence-corrected chi connectivity index (χ0v) is 25.2. The Balaban J connectivity index is 1.19. The van der Waals surface area contributed by atoms with Crippen molar-refractivity contribution in [3.8, 4) is 11.9 Å². The molecular formula is C33H35FN6O5. The maximum Gasteiger partial charge on any atom is 0.337 e. The summed E-state index contributed by atoms with van der Waals surface area (Å²) in [5, 5.41) is 19.5. The molecule has 0 bridgehead atoms. The second-order valence-electron chi connectivity index (χ2n) is 11.3. The number of halogens is 1. The van der Waals surface area contributed by atoms with Crippen LogP contribution in [0.4, 0.5) is 10.2 Å². The number of hydrogen-bond acceptors (Lipinski definition) is 10. The van der Waals surface area contributed by atoms with Crippen molar-refractivity contribution in [2.45, 2.75) is 44.7 Å². The molecule has 2 fully saturated rings. The molecule has 0 saturated carbocycles. The molecule has 2 aromatic heterocycles. The van der Waals surface area contributed by atoms with Gasteiger partial charge in [0.05, 0.1) is 66.7 Å². The van der Waals surface area contributed by atoms with Crippen LogP contribution in [0.1, 0.15) is 46.7 Å². The van der Waals surface area contributed by atoms with Gasteiger partial charge in [-0.05, 0) is 49.7 Å². The van der Waals surface area contributed by atoms with Crippen LogP contribution in [-0.2, 0) is 22.6 Å². The third-order valence-electron chi connectivity index (χ3n) is 8.58. The van der Waals surface area contributed by atoms with E-state index in [1.807, 2.05) is 30.3 Å². The Hall–Kier alpha value is -4.57. The van der Waals surface area contributed by atoms with Gasteiger partial charge in [-0.1, -0.05) is 12.1 Å². The first kappa shape index (κ1) is 30.5. The van der Waals surface area contributed by atoms with Gasteiger partial charge in [0.25, 0.3) is 0 Å². The maximum atomic E-state index is 14.3. The van der Waals surface area contributed by atoms with Crippen molar-refractivity contribution in [2.75, 3.05) is 44.9 Å². The second-order valence-corrected chi connectivity index (χ2v) is 11.3. The van der Waals surface area contributed by atoms with Gasteiger partial charge in [-0.3, -0.25) is 4.90 Å². The molecule has 0 aliphatic carbocycles. The predicted octanol–water partition coefficient (Wildman–Crippen LogP) is 3.84. The molecule has 11 nitrogen and oxygen atoms in total. The molecule has 1 N–H and O–H groups in total. The molecule has 2 aliphatic rings. The summed E-state index contributed by atoms with van der Waals surface area (Å²) < 4.78 is 33.0. The topological polar surface area (TPSA) is 126 Å². The normalized spacial score (nSPS) is 19.1. The third kappa shape index (κ3) is 6.33. The van der Waals surface area contributed by atoms with Gasteiger partial charge in [-0.15, -0.1) is 0 Å². The number of anilines is 1. The highest BCUT2D eigenvalue weighted by Gasteiger charge is 2.34. The monoisotopic (exact) mass is 614 g/mol. The van der Waals surface area contributed by atoms with Gasteiger partial charge in [0.1, 0.15) is 24.1 Å². The number of methoxy groups -OCH3 is 1. The fraction of sp³-hybridized carbons (Fsp3) is 0.394. The van der Waals surface area contributed by atoms with Crippen molar-refractivity contribution in [3.05, 3.63) is 82.9 Å². The average Bonchev–Trinajstić information content (AvgIpc) is 3.42. The second kappa shape index (κ2) is 13.2. The Morgan fingerprint density at radius 1 is 1.20 bits per heavy atom. The molecule has 234 valence electrons. The summed E-state index contributed by atoms with van der Waals surface area (Å²) in [4.78, 5) is 26.3. The summed E-state index contributed by atoms with van der Waals surface area (Å²) >= 11 is 0. The number of benzene rings is 2. The van der Waals surface area contributed by atoms with Crippen molar-refractivity contribution in [1.82, 2.24) is 19.4 Å². The summed E-state index contributed by atoms with van der Waals surface area (Å²) in [5.41, 5.74) is 2.67. The zero-order chi connectivity index (χ0) is 31.5. The van der Waals surface area contributed by atoms with Gasteiger partial charge in [0.2, 0.25) is 5.88 Å². The number of esters is 1. The van der Waals surface area contributed by atoms with Crippen molar-refractivity contribution in [1.29, 1.82) is 5.26 Å². The molecule has 0 spiro atoms. The fourth-order valence-electron chi connectivity index (χ4n) is 5.97. The number of aromatic nitrogens is 3. The summed E-state index contributed by atoms with van der Waals surface area (Å²) in [5.74, 6) is 0.992. The molecule has 2 aromatic carbocycles. The first-order valence-electron chi connectivity index (χ1n) is 15.0. The number of aliphatic hydroxyl groups excluding tert-OH is 1. The van der Waals surface area contributed by atoms with Crippen LogP contribution in [-0.4, -0.2) is 82.6 Å². The largest absolute Gasteiger partial charge is 0.473 e. The van der Waals surface area contributed by atoms with Gasteiger partial charge in [0, 0.05) is 37.9 Å². The molecule has 0 amide bonds. The highest BCUT2D eigenvalue weighted by molar-refractivity contribution is 5.93. The molecular weight excluding hydrogens is 579 g/mol. The zero-order valence-electron chi connectivity index (χ0n) is 25.2. The first-order valence-corrected chi connectivity index (χ1v) is 15.0. The van der Waals surface area contributed by atoms with Crippen LogP contribution >= 0.6 is 0 Å². The molecule has 45 heavy (non-hydrogen) atoms. The predicted molar refractivity (Wildman–Crippen MR) is 163 cm³/mol. The number of fused-ring (bicyclic) bond motifs is 1. The van der Waals surface area contributed by atoms with E-state index in [0.717, 1.165) is 29.9 Å². The Kier molecular flexibility index (Phi) is 8.93. The van der Waals surface area contributed by atoms with Gasteiger partial charge < -0.3 is 28.8 Å². The SMILES string of the molecule is COC(=O)c1ccc2nc([C@H](C)N3CCN(c4cccc(OCc5ccc(C#N)cc5F)n4)CC3CO)n(CC3CCO3)c2c1. The number of pyridine rings is 1. The summed E-state index contributed by atoms with van der Waals surface area (Å²) in [7, 11) is 1.37. The van der Waals surface area contributed by atoms with Gasteiger partial charge >= 0.3 is 5.97 Å². The van der Waals surface area contributed by atoms with Crippen LogP contribution < -0.4 is 9.64 Å². The van der Waals surface area contributed by atoms with Crippen molar-refractivity contribution in [3.63, 3.8) is 0 Å². The van der Waals surface area contributed by atoms with Crippen LogP contribution in [0.25, 0.3) is 11.0 Å². The van der Waals surface area contributed by atoms with E-state index >= 15 is 0 Å². The van der Waals surface area contributed by atoms with E-state index < -0.39 is 11.8 Å². The number of hydrogen-bond donors (Lipinski definition) is 1. The molecule has 2 saturated heterocycles. The van der Waals surface area contributed by atoms with Crippen molar-refractivity contribution in [2.24, 2.45) is 0 Å². The Bertz CT molecular complexity index is 1730. The summed E-state index contributed by atoms with van der Waals surface area (Å²) in [6, 6.07) is 16.7. The molecule has 12 heteroatoms. The lowest BCUT2D eigenvalue weighted by molar-refractivity contribution is -0.0596. The van der Waals surface area contributed by atoms with Gasteiger partial charge in [0.15, 0.2) is 0 Å². The summed E-state index contributed by atoms with van der Waals surface area (Å²) in [6.07, 6.45) is 1.04. The fourth-order valence-corrected chi connectivity index (χ4v) is 5.97. The van der Waals surface area contributed by atoms with E-state index in [-0.39, 0.29) is 37.0 Å². The maximum absolute atomic E-state index is 14.3.